The maximum absolute atomic E-state index is 2.29. The maximum atomic E-state index is 2.29. The Morgan fingerprint density at radius 3 is 1.38 bits per heavy atom. The van der Waals surface area contributed by atoms with Crippen LogP contribution in [-0.2, 0) is 0 Å². The van der Waals surface area contributed by atoms with Crippen LogP contribution >= 0.6 is 0 Å². The molecular formula is C12H28Si. The van der Waals surface area contributed by atoms with Gasteiger partial charge in [-0.2, -0.15) is 0 Å². The van der Waals surface area contributed by atoms with Gasteiger partial charge in [0.05, 0.1) is 0 Å². The Kier molecular flexibility index (Phi) is 12.4. The number of hydrogen-bond acceptors (Lipinski definition) is 0. The molecule has 0 aliphatic heterocycles. The zero-order valence-corrected chi connectivity index (χ0v) is 11.8. The highest BCUT2D eigenvalue weighted by molar-refractivity contribution is 6.08. The fourth-order valence-corrected chi connectivity index (χ4v) is 2.24. The summed E-state index contributed by atoms with van der Waals surface area (Å²) in [7, 11) is 1.41. The van der Waals surface area contributed by atoms with Crippen LogP contribution in [0.4, 0.5) is 0 Å². The van der Waals surface area contributed by atoms with Crippen molar-refractivity contribution in [3.8, 4) is 0 Å². The van der Waals surface area contributed by atoms with E-state index in [-0.39, 0.29) is 0 Å². The van der Waals surface area contributed by atoms with Crippen molar-refractivity contribution in [1.29, 1.82) is 0 Å². The molecule has 13 heavy (non-hydrogen) atoms. The Hall–Kier alpha value is 0.217. The van der Waals surface area contributed by atoms with Gasteiger partial charge in [-0.05, 0) is 0 Å². The zero-order chi connectivity index (χ0) is 9.78. The molecule has 0 saturated carbocycles. The molecule has 0 N–H and O–H groups in total. The smallest absolute Gasteiger partial charge is 0.00279 e. The molecule has 80 valence electrons. The van der Waals surface area contributed by atoms with E-state index >= 15 is 0 Å². The molecule has 0 saturated heterocycles. The summed E-state index contributed by atoms with van der Waals surface area (Å²) in [6.07, 6.45) is 14.7. The van der Waals surface area contributed by atoms with Gasteiger partial charge >= 0.3 is 0 Å². The topological polar surface area (TPSA) is 0 Å². The zero-order valence-electron chi connectivity index (χ0n) is 9.78. The summed E-state index contributed by atoms with van der Waals surface area (Å²) in [6.45, 7) is 2.29. The first-order valence-electron chi connectivity index (χ1n) is 6.41. The maximum Gasteiger partial charge on any atom is 0.00279 e. The van der Waals surface area contributed by atoms with E-state index in [1.54, 1.807) is 0 Å². The van der Waals surface area contributed by atoms with Gasteiger partial charge in [-0.25, -0.2) is 0 Å². The van der Waals surface area contributed by atoms with E-state index in [9.17, 15) is 0 Å². The molecule has 0 spiro atoms. The molecule has 0 nitrogen and oxygen atoms in total. The first kappa shape index (κ1) is 13.2. The fraction of sp³-hybridized carbons (Fsp3) is 1.00. The molecule has 0 aliphatic rings. The van der Waals surface area contributed by atoms with Gasteiger partial charge in [0.15, 0.2) is 0 Å². The van der Waals surface area contributed by atoms with Gasteiger partial charge in [-0.1, -0.05) is 77.2 Å². The molecule has 0 bridgehead atoms. The second-order valence-corrected chi connectivity index (χ2v) is 5.18. The third-order valence-corrected chi connectivity index (χ3v) is 3.41. The van der Waals surface area contributed by atoms with E-state index in [4.69, 9.17) is 0 Å². The number of unbranched alkanes of at least 4 members (excludes halogenated alkanes) is 9. The Labute approximate surface area is 87.9 Å². The average molecular weight is 200 g/mol. The fourth-order valence-electron chi connectivity index (χ4n) is 1.74. The predicted octanol–water partition coefficient (Wildman–Crippen LogP) is 3.69. The summed E-state index contributed by atoms with van der Waals surface area (Å²) in [6, 6.07) is 1.51. The minimum atomic E-state index is 1.38. The largest absolute Gasteiger partial charge is 0.0658 e. The van der Waals surface area contributed by atoms with Gasteiger partial charge < -0.3 is 0 Å². The van der Waals surface area contributed by atoms with Crippen molar-refractivity contribution in [1.82, 2.24) is 0 Å². The van der Waals surface area contributed by atoms with Crippen molar-refractivity contribution >= 4 is 10.2 Å². The van der Waals surface area contributed by atoms with Crippen LogP contribution in [-0.4, -0.2) is 10.2 Å². The molecule has 0 aromatic heterocycles. The van der Waals surface area contributed by atoms with Gasteiger partial charge in [-0.3, -0.25) is 0 Å². The highest BCUT2D eigenvalue weighted by Crippen LogP contribution is 2.10. The number of rotatable bonds is 10. The highest BCUT2D eigenvalue weighted by Gasteiger charge is 1.90. The van der Waals surface area contributed by atoms with Crippen LogP contribution in [0.15, 0.2) is 0 Å². The lowest BCUT2D eigenvalue weighted by Gasteiger charge is -2.00. The summed E-state index contributed by atoms with van der Waals surface area (Å²) in [5.41, 5.74) is 0. The second-order valence-electron chi connectivity index (χ2n) is 4.18. The third kappa shape index (κ3) is 12.2. The Bertz CT molecular complexity index is 71.2. The second kappa shape index (κ2) is 12.2. The van der Waals surface area contributed by atoms with Gasteiger partial charge in [0.25, 0.3) is 0 Å². The molecule has 0 fully saturated rings. The lowest BCUT2D eigenvalue weighted by atomic mass is 10.1. The van der Waals surface area contributed by atoms with Crippen molar-refractivity contribution in [2.45, 2.75) is 77.2 Å². The molecular weight excluding hydrogens is 172 g/mol. The van der Waals surface area contributed by atoms with Gasteiger partial charge in [0.2, 0.25) is 0 Å². The lowest BCUT2D eigenvalue weighted by molar-refractivity contribution is 0.562. The van der Waals surface area contributed by atoms with Gasteiger partial charge in [-0.15, -0.1) is 0 Å². The van der Waals surface area contributed by atoms with Crippen molar-refractivity contribution in [3.05, 3.63) is 0 Å². The minimum Gasteiger partial charge on any atom is -0.0658 e. The quantitative estimate of drug-likeness (QED) is 0.373. The van der Waals surface area contributed by atoms with Crippen LogP contribution < -0.4 is 0 Å². The SMILES string of the molecule is CCCCCCCCCCCC[SiH3]. The van der Waals surface area contributed by atoms with Crippen LogP contribution in [0.25, 0.3) is 0 Å². The molecule has 0 aromatic rings. The number of hydrogen-bond donors (Lipinski definition) is 0. The van der Waals surface area contributed by atoms with E-state index in [2.05, 4.69) is 6.92 Å². The standard InChI is InChI=1S/C12H28Si/c1-2-3-4-5-6-7-8-9-10-11-12-13/h2-12H2,1,13H3. The Morgan fingerprint density at radius 1 is 0.615 bits per heavy atom. The molecule has 0 aliphatic carbocycles. The van der Waals surface area contributed by atoms with Crippen LogP contribution in [0.2, 0.25) is 6.04 Å². The summed E-state index contributed by atoms with van der Waals surface area (Å²) in [5, 5.41) is 0. The van der Waals surface area contributed by atoms with Crippen LogP contribution in [0.1, 0.15) is 71.1 Å². The van der Waals surface area contributed by atoms with Crippen LogP contribution in [0.3, 0.4) is 0 Å². The van der Waals surface area contributed by atoms with Crippen molar-refractivity contribution in [2.24, 2.45) is 0 Å². The molecule has 0 amide bonds. The monoisotopic (exact) mass is 200 g/mol. The van der Waals surface area contributed by atoms with E-state index in [0.717, 1.165) is 0 Å². The van der Waals surface area contributed by atoms with Crippen LogP contribution in [0.5, 0.6) is 0 Å². The van der Waals surface area contributed by atoms with E-state index in [1.807, 2.05) is 0 Å². The molecule has 0 heterocycles. The molecule has 0 aromatic carbocycles. The molecule has 0 rings (SSSR count). The van der Waals surface area contributed by atoms with Crippen molar-refractivity contribution in [2.75, 3.05) is 0 Å². The van der Waals surface area contributed by atoms with Crippen LogP contribution in [0, 0.1) is 0 Å². The Balaban J connectivity index is 2.76. The van der Waals surface area contributed by atoms with Crippen molar-refractivity contribution < 1.29 is 0 Å². The molecule has 0 atom stereocenters. The summed E-state index contributed by atoms with van der Waals surface area (Å²) < 4.78 is 0. The first-order valence-corrected chi connectivity index (χ1v) is 7.83. The highest BCUT2D eigenvalue weighted by atomic mass is 28.1. The Morgan fingerprint density at radius 2 is 1.00 bits per heavy atom. The molecule has 0 radical (unpaired) electrons. The first-order chi connectivity index (χ1) is 6.41. The average Bonchev–Trinajstić information content (AvgIpc) is 2.16. The summed E-state index contributed by atoms with van der Waals surface area (Å²) >= 11 is 0. The molecule has 0 unspecified atom stereocenters. The minimum absolute atomic E-state index is 1.38. The van der Waals surface area contributed by atoms with Crippen molar-refractivity contribution in [3.63, 3.8) is 0 Å². The summed E-state index contributed by atoms with van der Waals surface area (Å²) in [4.78, 5) is 0. The van der Waals surface area contributed by atoms with E-state index < -0.39 is 0 Å². The van der Waals surface area contributed by atoms with Gasteiger partial charge in [0, 0.05) is 10.2 Å². The van der Waals surface area contributed by atoms with Gasteiger partial charge in [0.1, 0.15) is 0 Å². The third-order valence-electron chi connectivity index (χ3n) is 2.71. The summed E-state index contributed by atoms with van der Waals surface area (Å²) in [5.74, 6) is 0. The molecule has 1 heteroatoms. The predicted molar refractivity (Wildman–Crippen MR) is 66.6 cm³/mol. The lowest BCUT2D eigenvalue weighted by Crippen LogP contribution is -1.81. The van der Waals surface area contributed by atoms with E-state index in [1.165, 1.54) is 80.5 Å². The normalized spacial score (nSPS) is 10.8. The van der Waals surface area contributed by atoms with E-state index in [0.29, 0.717) is 0 Å².